The van der Waals surface area contributed by atoms with Crippen molar-refractivity contribution >= 4 is 34.5 Å². The molecular formula is C12H12N2O2S2. The second-order valence-corrected chi connectivity index (χ2v) is 5.10. The molecule has 0 saturated carbocycles. The monoisotopic (exact) mass is 280 g/mol. The number of nitrogens with one attached hydrogen (secondary N) is 2. The molecule has 0 aliphatic heterocycles. The quantitative estimate of drug-likeness (QED) is 0.823. The van der Waals surface area contributed by atoms with Gasteiger partial charge in [-0.2, -0.15) is 22.7 Å². The molecule has 0 fully saturated rings. The highest BCUT2D eigenvalue weighted by molar-refractivity contribution is 7.08. The van der Waals surface area contributed by atoms with Crippen molar-refractivity contribution < 1.29 is 9.59 Å². The second-order valence-electron chi connectivity index (χ2n) is 3.54. The van der Waals surface area contributed by atoms with Crippen molar-refractivity contribution in [3.05, 3.63) is 44.8 Å². The van der Waals surface area contributed by atoms with Crippen LogP contribution in [-0.2, 0) is 0 Å². The van der Waals surface area contributed by atoms with Gasteiger partial charge in [0.25, 0.3) is 11.8 Å². The zero-order chi connectivity index (χ0) is 12.8. The maximum absolute atomic E-state index is 11.6. The van der Waals surface area contributed by atoms with E-state index in [1.54, 1.807) is 22.9 Å². The molecule has 0 spiro atoms. The van der Waals surface area contributed by atoms with Gasteiger partial charge in [0, 0.05) is 35.0 Å². The third-order valence-electron chi connectivity index (χ3n) is 2.26. The molecule has 2 aromatic heterocycles. The molecule has 2 rings (SSSR count). The summed E-state index contributed by atoms with van der Waals surface area (Å²) in [5.41, 5.74) is 1.31. The molecule has 2 N–H and O–H groups in total. The standard InChI is InChI=1S/C12H12N2O2S2/c15-11(9-1-5-17-7-9)13-3-4-14-12(16)10-2-6-18-8-10/h1-2,5-8H,3-4H2,(H,13,15)(H,14,16). The largest absolute Gasteiger partial charge is 0.350 e. The maximum Gasteiger partial charge on any atom is 0.252 e. The Morgan fingerprint density at radius 3 is 1.67 bits per heavy atom. The van der Waals surface area contributed by atoms with Crippen molar-refractivity contribution in [2.24, 2.45) is 0 Å². The van der Waals surface area contributed by atoms with E-state index >= 15 is 0 Å². The van der Waals surface area contributed by atoms with E-state index in [9.17, 15) is 9.59 Å². The Morgan fingerprint density at radius 2 is 1.33 bits per heavy atom. The number of hydrogen-bond donors (Lipinski definition) is 2. The summed E-state index contributed by atoms with van der Waals surface area (Å²) in [4.78, 5) is 23.1. The van der Waals surface area contributed by atoms with E-state index in [0.29, 0.717) is 24.2 Å². The molecule has 4 nitrogen and oxygen atoms in total. The number of rotatable bonds is 5. The van der Waals surface area contributed by atoms with Crippen LogP contribution < -0.4 is 10.6 Å². The zero-order valence-electron chi connectivity index (χ0n) is 9.51. The molecule has 18 heavy (non-hydrogen) atoms. The van der Waals surface area contributed by atoms with Crippen LogP contribution in [0.5, 0.6) is 0 Å². The van der Waals surface area contributed by atoms with E-state index in [4.69, 9.17) is 0 Å². The van der Waals surface area contributed by atoms with E-state index in [1.165, 1.54) is 22.7 Å². The Morgan fingerprint density at radius 1 is 0.889 bits per heavy atom. The fourth-order valence-electron chi connectivity index (χ4n) is 1.34. The van der Waals surface area contributed by atoms with Gasteiger partial charge in [-0.15, -0.1) is 0 Å². The summed E-state index contributed by atoms with van der Waals surface area (Å²) in [5.74, 6) is -0.220. The SMILES string of the molecule is O=C(NCCNC(=O)c1ccsc1)c1ccsc1. The van der Waals surface area contributed by atoms with Crippen LogP contribution >= 0.6 is 22.7 Å². The molecule has 6 heteroatoms. The topological polar surface area (TPSA) is 58.2 Å². The molecule has 0 radical (unpaired) electrons. The van der Waals surface area contributed by atoms with Crippen LogP contribution in [-0.4, -0.2) is 24.9 Å². The first-order chi connectivity index (χ1) is 8.77. The number of amides is 2. The summed E-state index contributed by atoms with van der Waals surface area (Å²) < 4.78 is 0. The van der Waals surface area contributed by atoms with E-state index in [0.717, 1.165) is 0 Å². The van der Waals surface area contributed by atoms with Crippen molar-refractivity contribution in [3.8, 4) is 0 Å². The second kappa shape index (κ2) is 6.32. The van der Waals surface area contributed by atoms with Gasteiger partial charge < -0.3 is 10.6 Å². The molecule has 0 aliphatic carbocycles. The lowest BCUT2D eigenvalue weighted by molar-refractivity contribution is 0.0928. The summed E-state index contributed by atoms with van der Waals surface area (Å²) >= 11 is 2.96. The van der Waals surface area contributed by atoms with Crippen molar-refractivity contribution in [3.63, 3.8) is 0 Å². The molecule has 0 atom stereocenters. The third-order valence-corrected chi connectivity index (χ3v) is 3.63. The lowest BCUT2D eigenvalue weighted by Gasteiger charge is -2.05. The summed E-state index contributed by atoms with van der Waals surface area (Å²) in [6.07, 6.45) is 0. The minimum Gasteiger partial charge on any atom is -0.350 e. The van der Waals surface area contributed by atoms with Crippen molar-refractivity contribution in [2.45, 2.75) is 0 Å². The van der Waals surface area contributed by atoms with Gasteiger partial charge in [-0.25, -0.2) is 0 Å². The highest BCUT2D eigenvalue weighted by atomic mass is 32.1. The van der Waals surface area contributed by atoms with Crippen LogP contribution in [0.3, 0.4) is 0 Å². The molecule has 0 aromatic carbocycles. The van der Waals surface area contributed by atoms with E-state index in [2.05, 4.69) is 10.6 Å². The molecule has 94 valence electrons. The normalized spacial score (nSPS) is 10.0. The lowest BCUT2D eigenvalue weighted by Crippen LogP contribution is -2.34. The zero-order valence-corrected chi connectivity index (χ0v) is 11.1. The van der Waals surface area contributed by atoms with Crippen LogP contribution in [0.4, 0.5) is 0 Å². The first-order valence-corrected chi connectivity index (χ1v) is 7.27. The Bertz CT molecular complexity index is 458. The van der Waals surface area contributed by atoms with Crippen LogP contribution in [0.2, 0.25) is 0 Å². The van der Waals surface area contributed by atoms with E-state index in [-0.39, 0.29) is 11.8 Å². The van der Waals surface area contributed by atoms with E-state index < -0.39 is 0 Å². The average molecular weight is 280 g/mol. The van der Waals surface area contributed by atoms with Gasteiger partial charge in [0.1, 0.15) is 0 Å². The molecular weight excluding hydrogens is 268 g/mol. The molecule has 2 aromatic rings. The summed E-state index contributed by atoms with van der Waals surface area (Å²) in [7, 11) is 0. The molecule has 0 unspecified atom stereocenters. The predicted octanol–water partition coefficient (Wildman–Crippen LogP) is 1.97. The van der Waals surface area contributed by atoms with Gasteiger partial charge in [-0.05, 0) is 22.9 Å². The number of carbonyl (C=O) groups is 2. The van der Waals surface area contributed by atoms with Gasteiger partial charge in [-0.1, -0.05) is 0 Å². The summed E-state index contributed by atoms with van der Waals surface area (Å²) in [5, 5.41) is 12.8. The predicted molar refractivity (Wildman–Crippen MR) is 73.3 cm³/mol. The van der Waals surface area contributed by atoms with Crippen molar-refractivity contribution in [2.75, 3.05) is 13.1 Å². The first-order valence-electron chi connectivity index (χ1n) is 5.38. The Kier molecular flexibility index (Phi) is 4.49. The van der Waals surface area contributed by atoms with Gasteiger partial charge in [0.05, 0.1) is 0 Å². The Hall–Kier alpha value is -1.66. The smallest absolute Gasteiger partial charge is 0.252 e. The average Bonchev–Trinajstić information content (AvgIpc) is 3.05. The molecule has 0 saturated heterocycles. The first kappa shape index (κ1) is 12.8. The van der Waals surface area contributed by atoms with Crippen LogP contribution in [0.25, 0.3) is 0 Å². The number of hydrogen-bond acceptors (Lipinski definition) is 4. The third kappa shape index (κ3) is 3.41. The van der Waals surface area contributed by atoms with Crippen LogP contribution in [0, 0.1) is 0 Å². The van der Waals surface area contributed by atoms with Gasteiger partial charge >= 0.3 is 0 Å². The molecule has 0 aliphatic rings. The fourth-order valence-corrected chi connectivity index (χ4v) is 2.62. The fraction of sp³-hybridized carbons (Fsp3) is 0.167. The summed E-state index contributed by atoms with van der Waals surface area (Å²) in [6, 6.07) is 3.54. The Labute approximate surface area is 113 Å². The van der Waals surface area contributed by atoms with E-state index in [1.807, 2.05) is 10.8 Å². The number of carbonyl (C=O) groups excluding carboxylic acids is 2. The molecule has 0 bridgehead atoms. The van der Waals surface area contributed by atoms with Gasteiger partial charge in [-0.3, -0.25) is 9.59 Å². The van der Waals surface area contributed by atoms with Gasteiger partial charge in [0.15, 0.2) is 0 Å². The van der Waals surface area contributed by atoms with Crippen molar-refractivity contribution in [1.82, 2.24) is 10.6 Å². The highest BCUT2D eigenvalue weighted by Gasteiger charge is 2.06. The minimum absolute atomic E-state index is 0.110. The van der Waals surface area contributed by atoms with Crippen molar-refractivity contribution in [1.29, 1.82) is 0 Å². The highest BCUT2D eigenvalue weighted by Crippen LogP contribution is 2.05. The van der Waals surface area contributed by atoms with Crippen LogP contribution in [0.1, 0.15) is 20.7 Å². The minimum atomic E-state index is -0.110. The van der Waals surface area contributed by atoms with Crippen LogP contribution in [0.15, 0.2) is 33.7 Å². The van der Waals surface area contributed by atoms with Gasteiger partial charge in [0.2, 0.25) is 0 Å². The lowest BCUT2D eigenvalue weighted by atomic mass is 10.3. The number of thiophene rings is 2. The molecule has 2 amide bonds. The Balaban J connectivity index is 1.67. The molecule has 2 heterocycles. The summed E-state index contributed by atoms with van der Waals surface area (Å²) in [6.45, 7) is 0.842. The maximum atomic E-state index is 11.6.